The molecule has 0 heterocycles. The molecule has 0 aromatic heterocycles. The van der Waals surface area contributed by atoms with Crippen molar-refractivity contribution in [3.05, 3.63) is 0 Å². The van der Waals surface area contributed by atoms with E-state index in [0.29, 0.717) is 0 Å². The number of rotatable bonds is 0. The summed E-state index contributed by atoms with van der Waals surface area (Å²) in [5.74, 6) is 0. The van der Waals surface area contributed by atoms with Crippen molar-refractivity contribution in [3.63, 3.8) is 0 Å². The van der Waals surface area contributed by atoms with Crippen LogP contribution in [0.25, 0.3) is 0 Å². The third kappa shape index (κ3) is 826. The zero-order valence-corrected chi connectivity index (χ0v) is 11.3. The van der Waals surface area contributed by atoms with E-state index in [0.717, 1.165) is 0 Å². The normalized spacial score (nSPS) is 8.57. The van der Waals surface area contributed by atoms with E-state index >= 15 is 0 Å². The molecule has 0 rings (SSSR count). The second-order valence-corrected chi connectivity index (χ2v) is 2.38. The van der Waals surface area contributed by atoms with Crippen LogP contribution in [0.4, 0.5) is 0 Å². The van der Waals surface area contributed by atoms with Crippen LogP contribution in [0.3, 0.4) is 0 Å². The molecule has 0 spiro atoms. The Hall–Kier alpha value is 1.62. The average Bonchev–Trinajstić information content (AvgIpc) is 1.12. The Bertz CT molecular complexity index is 56.3. The zero-order chi connectivity index (χ0) is 9.00. The Morgan fingerprint density at radius 2 is 0.571 bits per heavy atom. The molecular formula is H8Cl2O11Sr. The van der Waals surface area contributed by atoms with Crippen LogP contribution in [0.15, 0.2) is 0 Å². The van der Waals surface area contributed by atoms with Gasteiger partial charge in [-0.3, -0.25) is 0 Å². The molecule has 90 valence electrons. The summed E-state index contributed by atoms with van der Waals surface area (Å²) in [5, 5.41) is 0. The summed E-state index contributed by atoms with van der Waals surface area (Å²) in [5.41, 5.74) is 0. The van der Waals surface area contributed by atoms with Crippen molar-refractivity contribution in [1.29, 1.82) is 0 Å². The maximum Gasteiger partial charge on any atom is 0.0777 e. The number of halogens is 2. The second kappa shape index (κ2) is 14.6. The third-order valence-corrected chi connectivity index (χ3v) is 0. The van der Waals surface area contributed by atoms with Crippen molar-refractivity contribution in [1.82, 2.24) is 0 Å². The van der Waals surface area contributed by atoms with Crippen LogP contribution in [0, 0.1) is 20.5 Å². The minimum absolute atomic E-state index is 0. The Morgan fingerprint density at radius 3 is 0.571 bits per heavy atom. The Balaban J connectivity index is -0.0000000178. The SMILES string of the molecule is O.O.O.[O-][Cl+3]([O-])([O-])O.[O-][Cl+3]([O-])([O-])O.[Sr]. The van der Waals surface area contributed by atoms with Crippen LogP contribution in [0.5, 0.6) is 0 Å². The fourth-order valence-electron chi connectivity index (χ4n) is 0. The van der Waals surface area contributed by atoms with Crippen molar-refractivity contribution < 1.29 is 74.2 Å². The van der Waals surface area contributed by atoms with Gasteiger partial charge in [-0.1, -0.05) is 0 Å². The van der Waals surface area contributed by atoms with E-state index in [1.165, 1.54) is 0 Å². The summed E-state index contributed by atoms with van der Waals surface area (Å²) < 4.78 is 65.4. The minimum Gasteiger partial charge on any atom is -0.412 e. The van der Waals surface area contributed by atoms with Crippen molar-refractivity contribution >= 4 is 45.5 Å². The van der Waals surface area contributed by atoms with Gasteiger partial charge >= 0.3 is 0 Å². The fraction of sp³-hybridized carbons (Fsp3) is 0. The topological polar surface area (TPSA) is 273 Å². The molecule has 0 bridgehead atoms. The molecule has 0 unspecified atom stereocenters. The molecule has 0 aliphatic rings. The van der Waals surface area contributed by atoms with Gasteiger partial charge in [-0.2, -0.15) is 28.0 Å². The van der Waals surface area contributed by atoms with E-state index in [-0.39, 0.29) is 61.9 Å². The van der Waals surface area contributed by atoms with Gasteiger partial charge in [0.2, 0.25) is 0 Å². The van der Waals surface area contributed by atoms with E-state index < -0.39 is 20.5 Å². The average molecular weight is 343 g/mol. The van der Waals surface area contributed by atoms with Crippen LogP contribution < -0.4 is 28.0 Å². The molecule has 0 aliphatic heterocycles. The molecule has 14 heteroatoms. The Labute approximate surface area is 118 Å². The number of hydrogen-bond acceptors (Lipinski definition) is 8. The van der Waals surface area contributed by atoms with Gasteiger partial charge in [0.05, 0.1) is 29.8 Å². The molecule has 0 aromatic rings. The van der Waals surface area contributed by atoms with Gasteiger partial charge in [0, 0.05) is 45.5 Å². The molecule has 8 N–H and O–H groups in total. The summed E-state index contributed by atoms with van der Waals surface area (Å²) in [6.07, 6.45) is 0. The van der Waals surface area contributed by atoms with Crippen molar-refractivity contribution in [2.45, 2.75) is 0 Å². The monoisotopic (exact) mass is 342 g/mol. The summed E-state index contributed by atoms with van der Waals surface area (Å²) >= 11 is 0. The molecule has 0 fully saturated rings. The van der Waals surface area contributed by atoms with Crippen molar-refractivity contribution in [3.8, 4) is 0 Å². The van der Waals surface area contributed by atoms with Crippen molar-refractivity contribution in [2.75, 3.05) is 0 Å². The van der Waals surface area contributed by atoms with Crippen LogP contribution in [-0.4, -0.2) is 71.2 Å². The first-order valence-electron chi connectivity index (χ1n) is 1.26. The molecule has 0 saturated heterocycles. The maximum absolute atomic E-state index is 8.60. The third-order valence-electron chi connectivity index (χ3n) is 0. The first kappa shape index (κ1) is 36.1. The Morgan fingerprint density at radius 1 is 0.571 bits per heavy atom. The van der Waals surface area contributed by atoms with E-state index in [2.05, 4.69) is 0 Å². The van der Waals surface area contributed by atoms with E-state index in [9.17, 15) is 0 Å². The molecule has 0 saturated carbocycles. The van der Waals surface area contributed by atoms with Gasteiger partial charge in [-0.15, -0.1) is 0 Å². The smallest absolute Gasteiger partial charge is 0.0777 e. The minimum atomic E-state index is -4.69. The Kier molecular flexibility index (Phi) is 37.7. The van der Waals surface area contributed by atoms with Gasteiger partial charge in [0.25, 0.3) is 0 Å². The van der Waals surface area contributed by atoms with Gasteiger partial charge in [-0.25, -0.2) is 0 Å². The number of hydrogen-bond donors (Lipinski definition) is 2. The molecule has 14 heavy (non-hydrogen) atoms. The summed E-state index contributed by atoms with van der Waals surface area (Å²) in [6.45, 7) is 0. The van der Waals surface area contributed by atoms with Gasteiger partial charge in [0.15, 0.2) is 0 Å². The summed E-state index contributed by atoms with van der Waals surface area (Å²) in [4.78, 5) is 0. The zero-order valence-electron chi connectivity index (χ0n) is 6.31. The molecular weight excluding hydrogens is 335 g/mol. The van der Waals surface area contributed by atoms with Gasteiger partial charge in [-0.05, 0) is 0 Å². The molecule has 11 nitrogen and oxygen atoms in total. The maximum atomic E-state index is 8.60. The van der Waals surface area contributed by atoms with E-state index in [1.54, 1.807) is 0 Å². The van der Waals surface area contributed by atoms with Crippen LogP contribution in [0.1, 0.15) is 0 Å². The predicted octanol–water partition coefficient (Wildman–Crippen LogP) is -11.1. The summed E-state index contributed by atoms with van der Waals surface area (Å²) in [7, 11) is -9.39. The van der Waals surface area contributed by atoms with Crippen LogP contribution in [0.2, 0.25) is 0 Å². The first-order valence-corrected chi connectivity index (χ1v) is 3.79. The van der Waals surface area contributed by atoms with E-state index in [1.807, 2.05) is 0 Å². The second-order valence-electron chi connectivity index (χ2n) is 0.792. The quantitative estimate of drug-likeness (QED) is 0.397. The fourth-order valence-corrected chi connectivity index (χ4v) is 0. The van der Waals surface area contributed by atoms with Crippen LogP contribution in [-0.2, 0) is 0 Å². The first-order chi connectivity index (χ1) is 4.00. The summed E-state index contributed by atoms with van der Waals surface area (Å²) in [6, 6.07) is 0. The van der Waals surface area contributed by atoms with Crippen molar-refractivity contribution in [2.24, 2.45) is 0 Å². The van der Waals surface area contributed by atoms with Gasteiger partial charge < -0.3 is 16.4 Å². The molecule has 2 radical (unpaired) electrons. The standard InChI is InChI=1S/2ClHO4.3H2O.Sr/c2*2-1(3,4)5;;;;/h2*(H,2,3,4,5);3*1H2;. The molecule has 0 aliphatic carbocycles. The molecule has 0 aromatic carbocycles. The predicted molar refractivity (Wildman–Crippen MR) is 21.0 cm³/mol. The van der Waals surface area contributed by atoms with Crippen LogP contribution >= 0.6 is 0 Å². The van der Waals surface area contributed by atoms with E-state index in [4.69, 9.17) is 37.3 Å². The molecule has 0 amide bonds. The van der Waals surface area contributed by atoms with Gasteiger partial charge in [0.1, 0.15) is 0 Å². The molecule has 0 atom stereocenters. The largest absolute Gasteiger partial charge is 0.412 e.